The standard InChI is InChI=1S/C9H16N6O2/c1-2-17-8-6(10)7(14-5-15-8)12-3-4-13-9(11)16/h5H,2-4,10H2,1H3,(H3,11,13,16)(H,12,14,15). The average Bonchev–Trinajstić information content (AvgIpc) is 2.29. The van der Waals surface area contributed by atoms with Crippen molar-refractivity contribution in [3.05, 3.63) is 6.33 Å². The van der Waals surface area contributed by atoms with E-state index < -0.39 is 6.03 Å². The number of carbonyl (C=O) groups excluding carboxylic acids is 1. The number of ether oxygens (including phenoxy) is 1. The van der Waals surface area contributed by atoms with Gasteiger partial charge < -0.3 is 26.8 Å². The van der Waals surface area contributed by atoms with Crippen molar-refractivity contribution in [3.63, 3.8) is 0 Å². The number of urea groups is 1. The van der Waals surface area contributed by atoms with Gasteiger partial charge in [0.05, 0.1) is 6.61 Å². The highest BCUT2D eigenvalue weighted by molar-refractivity contribution is 5.71. The summed E-state index contributed by atoms with van der Waals surface area (Å²) < 4.78 is 5.22. The molecule has 0 unspecified atom stereocenters. The summed E-state index contributed by atoms with van der Waals surface area (Å²) >= 11 is 0. The average molecular weight is 240 g/mol. The van der Waals surface area contributed by atoms with Gasteiger partial charge in [0.1, 0.15) is 12.0 Å². The van der Waals surface area contributed by atoms with E-state index in [1.54, 1.807) is 0 Å². The van der Waals surface area contributed by atoms with Crippen LogP contribution in [0.25, 0.3) is 0 Å². The number of nitrogens with zero attached hydrogens (tertiary/aromatic N) is 2. The number of anilines is 2. The highest BCUT2D eigenvalue weighted by Gasteiger charge is 2.07. The van der Waals surface area contributed by atoms with Crippen molar-refractivity contribution in [2.24, 2.45) is 5.73 Å². The second kappa shape index (κ2) is 6.36. The van der Waals surface area contributed by atoms with E-state index >= 15 is 0 Å². The summed E-state index contributed by atoms with van der Waals surface area (Å²) in [6, 6.07) is -0.572. The van der Waals surface area contributed by atoms with E-state index in [-0.39, 0.29) is 0 Å². The summed E-state index contributed by atoms with van der Waals surface area (Å²) in [6.07, 6.45) is 1.35. The minimum atomic E-state index is -0.572. The minimum Gasteiger partial charge on any atom is -0.476 e. The molecule has 1 heterocycles. The Hall–Kier alpha value is -2.25. The number of hydrogen-bond donors (Lipinski definition) is 4. The van der Waals surface area contributed by atoms with Crippen LogP contribution in [0.5, 0.6) is 5.88 Å². The van der Waals surface area contributed by atoms with E-state index in [1.165, 1.54) is 6.33 Å². The van der Waals surface area contributed by atoms with Crippen LogP contribution >= 0.6 is 0 Å². The molecule has 8 nitrogen and oxygen atoms in total. The van der Waals surface area contributed by atoms with Gasteiger partial charge in [0.25, 0.3) is 0 Å². The topological polar surface area (TPSA) is 128 Å². The van der Waals surface area contributed by atoms with Gasteiger partial charge in [-0.3, -0.25) is 0 Å². The zero-order chi connectivity index (χ0) is 12.7. The molecule has 0 bridgehead atoms. The largest absolute Gasteiger partial charge is 0.476 e. The Morgan fingerprint density at radius 1 is 1.47 bits per heavy atom. The van der Waals surface area contributed by atoms with Gasteiger partial charge >= 0.3 is 6.03 Å². The Kier molecular flexibility index (Phi) is 4.79. The lowest BCUT2D eigenvalue weighted by Gasteiger charge is -2.10. The van der Waals surface area contributed by atoms with Crippen molar-refractivity contribution in [2.75, 3.05) is 30.7 Å². The molecule has 0 spiro atoms. The lowest BCUT2D eigenvalue weighted by Crippen LogP contribution is -2.33. The Bertz CT molecular complexity index is 384. The second-order valence-electron chi connectivity index (χ2n) is 3.09. The first kappa shape index (κ1) is 12.8. The molecule has 1 aromatic rings. The first-order valence-electron chi connectivity index (χ1n) is 5.15. The van der Waals surface area contributed by atoms with Crippen LogP contribution in [0.1, 0.15) is 6.92 Å². The molecule has 0 saturated carbocycles. The smallest absolute Gasteiger partial charge is 0.312 e. The molecule has 0 saturated heterocycles. The molecule has 6 N–H and O–H groups in total. The maximum absolute atomic E-state index is 10.4. The Morgan fingerprint density at radius 3 is 2.88 bits per heavy atom. The predicted molar refractivity (Wildman–Crippen MR) is 63.7 cm³/mol. The highest BCUT2D eigenvalue weighted by Crippen LogP contribution is 2.23. The Morgan fingerprint density at radius 2 is 2.24 bits per heavy atom. The van der Waals surface area contributed by atoms with Crippen LogP contribution in [-0.2, 0) is 0 Å². The van der Waals surface area contributed by atoms with E-state index in [0.717, 1.165) is 0 Å². The van der Waals surface area contributed by atoms with Gasteiger partial charge in [0.2, 0.25) is 5.88 Å². The van der Waals surface area contributed by atoms with E-state index in [0.29, 0.717) is 37.1 Å². The zero-order valence-electron chi connectivity index (χ0n) is 9.56. The monoisotopic (exact) mass is 240 g/mol. The minimum absolute atomic E-state index is 0.341. The van der Waals surface area contributed by atoms with Crippen LogP contribution in [-0.4, -0.2) is 35.7 Å². The van der Waals surface area contributed by atoms with E-state index in [4.69, 9.17) is 16.2 Å². The summed E-state index contributed by atoms with van der Waals surface area (Å²) in [5, 5.41) is 5.38. The van der Waals surface area contributed by atoms with Gasteiger partial charge in [-0.05, 0) is 6.92 Å². The van der Waals surface area contributed by atoms with Crippen LogP contribution in [0, 0.1) is 0 Å². The second-order valence-corrected chi connectivity index (χ2v) is 3.09. The van der Waals surface area contributed by atoms with Crippen LogP contribution in [0.15, 0.2) is 6.33 Å². The molecular weight excluding hydrogens is 224 g/mol. The molecular formula is C9H16N6O2. The third-order valence-corrected chi connectivity index (χ3v) is 1.85. The van der Waals surface area contributed by atoms with Gasteiger partial charge in [-0.15, -0.1) is 0 Å². The quantitative estimate of drug-likeness (QED) is 0.498. The zero-order valence-corrected chi connectivity index (χ0v) is 9.56. The van der Waals surface area contributed by atoms with Crippen molar-refractivity contribution in [3.8, 4) is 5.88 Å². The molecule has 0 aliphatic heterocycles. The van der Waals surface area contributed by atoms with Crippen LogP contribution in [0.4, 0.5) is 16.3 Å². The number of hydrogen-bond acceptors (Lipinski definition) is 6. The Balaban J connectivity index is 2.53. The number of nitrogens with one attached hydrogen (secondary N) is 2. The number of nitrogens with two attached hydrogens (primary N) is 2. The molecule has 0 atom stereocenters. The fourth-order valence-corrected chi connectivity index (χ4v) is 1.14. The molecule has 0 aromatic carbocycles. The van der Waals surface area contributed by atoms with Gasteiger partial charge in [-0.25, -0.2) is 9.78 Å². The fourth-order valence-electron chi connectivity index (χ4n) is 1.14. The van der Waals surface area contributed by atoms with Crippen LogP contribution < -0.4 is 26.8 Å². The molecule has 0 aliphatic rings. The number of aromatic nitrogens is 2. The van der Waals surface area contributed by atoms with Crippen molar-refractivity contribution in [1.29, 1.82) is 0 Å². The summed E-state index contributed by atoms with van der Waals surface area (Å²) in [5.41, 5.74) is 11.0. The maximum Gasteiger partial charge on any atom is 0.312 e. The van der Waals surface area contributed by atoms with Crippen molar-refractivity contribution < 1.29 is 9.53 Å². The molecule has 0 aliphatic carbocycles. The highest BCUT2D eigenvalue weighted by atomic mass is 16.5. The number of nitrogen functional groups attached to an aromatic ring is 1. The molecule has 1 rings (SSSR count). The van der Waals surface area contributed by atoms with Crippen molar-refractivity contribution in [2.45, 2.75) is 6.92 Å². The molecule has 94 valence electrons. The molecule has 0 fully saturated rings. The van der Waals surface area contributed by atoms with Gasteiger partial charge in [-0.2, -0.15) is 4.98 Å². The van der Waals surface area contributed by atoms with Crippen molar-refractivity contribution in [1.82, 2.24) is 15.3 Å². The molecule has 8 heteroatoms. The molecule has 0 radical (unpaired) electrons. The third-order valence-electron chi connectivity index (χ3n) is 1.85. The molecule has 2 amide bonds. The first-order chi connectivity index (χ1) is 8.15. The SMILES string of the molecule is CCOc1ncnc(NCCNC(N)=O)c1N. The lowest BCUT2D eigenvalue weighted by atomic mass is 10.4. The maximum atomic E-state index is 10.4. The molecule has 17 heavy (non-hydrogen) atoms. The first-order valence-corrected chi connectivity index (χ1v) is 5.15. The number of primary amides is 1. The van der Waals surface area contributed by atoms with E-state index in [1.807, 2.05) is 6.92 Å². The van der Waals surface area contributed by atoms with E-state index in [2.05, 4.69) is 20.6 Å². The van der Waals surface area contributed by atoms with Crippen molar-refractivity contribution >= 4 is 17.5 Å². The normalized spacial score (nSPS) is 9.71. The predicted octanol–water partition coefficient (Wildman–Crippen LogP) is -0.462. The Labute approximate surface area is 98.7 Å². The van der Waals surface area contributed by atoms with E-state index in [9.17, 15) is 4.79 Å². The number of rotatable bonds is 6. The summed E-state index contributed by atoms with van der Waals surface area (Å²) in [7, 11) is 0. The summed E-state index contributed by atoms with van der Waals surface area (Å²) in [4.78, 5) is 18.3. The third kappa shape index (κ3) is 4.01. The van der Waals surface area contributed by atoms with Crippen LogP contribution in [0.3, 0.4) is 0 Å². The summed E-state index contributed by atoms with van der Waals surface area (Å²) in [5.74, 6) is 0.808. The van der Waals surface area contributed by atoms with Gasteiger partial charge in [0.15, 0.2) is 5.82 Å². The molecule has 1 aromatic heterocycles. The van der Waals surface area contributed by atoms with Gasteiger partial charge in [0, 0.05) is 13.1 Å². The fraction of sp³-hybridized carbons (Fsp3) is 0.444. The lowest BCUT2D eigenvalue weighted by molar-refractivity contribution is 0.249. The number of carbonyl (C=O) groups is 1. The number of amides is 2. The van der Waals surface area contributed by atoms with Crippen LogP contribution in [0.2, 0.25) is 0 Å². The van der Waals surface area contributed by atoms with Gasteiger partial charge in [-0.1, -0.05) is 0 Å². The summed E-state index contributed by atoms with van der Waals surface area (Å²) in [6.45, 7) is 3.15.